The van der Waals surface area contributed by atoms with Crippen molar-refractivity contribution in [2.45, 2.75) is 37.5 Å². The molecule has 0 radical (unpaired) electrons. The van der Waals surface area contributed by atoms with Crippen LogP contribution in [0.15, 0.2) is 55.1 Å². The summed E-state index contributed by atoms with van der Waals surface area (Å²) < 4.78 is 10.7. The number of methoxy groups -OCH3 is 2. The quantitative estimate of drug-likeness (QED) is 0.698. The molecule has 0 heterocycles. The van der Waals surface area contributed by atoms with Crippen molar-refractivity contribution in [3.63, 3.8) is 0 Å². The van der Waals surface area contributed by atoms with Gasteiger partial charge in [0.05, 0.1) is 14.2 Å². The maximum atomic E-state index is 5.40. The Morgan fingerprint density at radius 2 is 1.75 bits per heavy atom. The molecule has 0 saturated heterocycles. The summed E-state index contributed by atoms with van der Waals surface area (Å²) in [4.78, 5) is 0. The van der Waals surface area contributed by atoms with E-state index < -0.39 is 0 Å². The molecule has 0 unspecified atom stereocenters. The second-order valence-electron chi connectivity index (χ2n) is 6.79. The number of hydrogen-bond donors (Lipinski definition) is 0. The van der Waals surface area contributed by atoms with Gasteiger partial charge in [-0.1, -0.05) is 31.2 Å². The Hall–Kier alpha value is -2.22. The molecule has 1 aliphatic carbocycles. The van der Waals surface area contributed by atoms with Crippen LogP contribution in [0, 0.1) is 0 Å². The highest BCUT2D eigenvalue weighted by Gasteiger charge is 2.40. The van der Waals surface area contributed by atoms with Crippen LogP contribution in [0.4, 0.5) is 0 Å². The summed E-state index contributed by atoms with van der Waals surface area (Å²) in [7, 11) is 3.44. The monoisotopic (exact) mass is 322 g/mol. The average molecular weight is 322 g/mol. The van der Waals surface area contributed by atoms with Crippen molar-refractivity contribution >= 4 is 0 Å². The summed E-state index contributed by atoms with van der Waals surface area (Å²) in [6.07, 6.45) is 5.22. The number of hydrogen-bond acceptors (Lipinski definition) is 2. The minimum absolute atomic E-state index is 0.0993. The molecular weight excluding hydrogens is 296 g/mol. The number of benzene rings is 2. The molecule has 126 valence electrons. The first-order valence-corrected chi connectivity index (χ1v) is 8.54. The van der Waals surface area contributed by atoms with E-state index in [1.165, 1.54) is 16.7 Å². The number of rotatable bonds is 5. The first-order valence-electron chi connectivity index (χ1n) is 8.54. The van der Waals surface area contributed by atoms with E-state index in [-0.39, 0.29) is 5.41 Å². The largest absolute Gasteiger partial charge is 0.497 e. The van der Waals surface area contributed by atoms with Crippen molar-refractivity contribution < 1.29 is 9.47 Å². The van der Waals surface area contributed by atoms with Crippen LogP contribution in [0.5, 0.6) is 11.5 Å². The van der Waals surface area contributed by atoms with Gasteiger partial charge < -0.3 is 9.47 Å². The normalized spacial score (nSPS) is 22.5. The van der Waals surface area contributed by atoms with Crippen LogP contribution in [-0.4, -0.2) is 14.2 Å². The smallest absolute Gasteiger partial charge is 0.119 e. The third kappa shape index (κ3) is 2.82. The predicted molar refractivity (Wildman–Crippen MR) is 99.2 cm³/mol. The third-order valence-corrected chi connectivity index (χ3v) is 5.56. The van der Waals surface area contributed by atoms with Gasteiger partial charge in [0, 0.05) is 0 Å². The molecule has 2 nitrogen and oxygen atoms in total. The highest BCUT2D eigenvalue weighted by Crippen LogP contribution is 2.49. The lowest BCUT2D eigenvalue weighted by Gasteiger charge is -2.43. The van der Waals surface area contributed by atoms with E-state index in [0.717, 1.165) is 30.8 Å². The fourth-order valence-electron chi connectivity index (χ4n) is 4.05. The number of ether oxygens (including phenoxy) is 2. The minimum atomic E-state index is 0.0993. The van der Waals surface area contributed by atoms with Gasteiger partial charge in [0.25, 0.3) is 0 Å². The van der Waals surface area contributed by atoms with Crippen LogP contribution in [0.25, 0.3) is 0 Å². The average Bonchev–Trinajstić information content (AvgIpc) is 2.64. The van der Waals surface area contributed by atoms with Crippen molar-refractivity contribution in [2.24, 2.45) is 0 Å². The fraction of sp³-hybridized carbons (Fsp3) is 0.364. The lowest BCUT2D eigenvalue weighted by molar-refractivity contribution is 0.326. The van der Waals surface area contributed by atoms with Gasteiger partial charge in [-0.3, -0.25) is 0 Å². The van der Waals surface area contributed by atoms with Crippen LogP contribution >= 0.6 is 0 Å². The first-order chi connectivity index (χ1) is 11.6. The molecule has 0 spiro atoms. The molecule has 2 atom stereocenters. The van der Waals surface area contributed by atoms with Crippen LogP contribution in [0.2, 0.25) is 0 Å². The zero-order valence-electron chi connectivity index (χ0n) is 14.8. The Morgan fingerprint density at radius 1 is 1.08 bits per heavy atom. The molecule has 0 N–H and O–H groups in total. The van der Waals surface area contributed by atoms with Crippen molar-refractivity contribution in [1.29, 1.82) is 0 Å². The topological polar surface area (TPSA) is 18.5 Å². The van der Waals surface area contributed by atoms with Crippen LogP contribution in [0.3, 0.4) is 0 Å². The van der Waals surface area contributed by atoms with Crippen LogP contribution in [0.1, 0.15) is 42.4 Å². The van der Waals surface area contributed by atoms with Gasteiger partial charge >= 0.3 is 0 Å². The first kappa shape index (κ1) is 16.6. The van der Waals surface area contributed by atoms with Gasteiger partial charge in [-0.15, -0.1) is 6.58 Å². The summed E-state index contributed by atoms with van der Waals surface area (Å²) in [6, 6.07) is 15.1. The van der Waals surface area contributed by atoms with Crippen molar-refractivity contribution in [3.05, 3.63) is 71.8 Å². The molecule has 0 bridgehead atoms. The molecule has 3 rings (SSSR count). The number of allylic oxidation sites excluding steroid dienone is 1. The lowest BCUT2D eigenvalue weighted by atomic mass is 9.61. The lowest BCUT2D eigenvalue weighted by Crippen LogP contribution is -2.35. The molecule has 0 fully saturated rings. The molecule has 2 aromatic rings. The van der Waals surface area contributed by atoms with Gasteiger partial charge in [0.1, 0.15) is 11.5 Å². The fourth-order valence-corrected chi connectivity index (χ4v) is 4.05. The summed E-state index contributed by atoms with van der Waals surface area (Å²) >= 11 is 0. The molecular formula is C22H26O2. The van der Waals surface area contributed by atoms with Gasteiger partial charge in [0.2, 0.25) is 0 Å². The second-order valence-corrected chi connectivity index (χ2v) is 6.79. The summed E-state index contributed by atoms with van der Waals surface area (Å²) in [5.74, 6) is 2.28. The third-order valence-electron chi connectivity index (χ3n) is 5.56. The van der Waals surface area contributed by atoms with E-state index in [9.17, 15) is 0 Å². The minimum Gasteiger partial charge on any atom is -0.497 e. The predicted octanol–water partition coefficient (Wildman–Crippen LogP) is 5.27. The van der Waals surface area contributed by atoms with Crippen LogP contribution < -0.4 is 9.47 Å². The van der Waals surface area contributed by atoms with E-state index in [1.54, 1.807) is 14.2 Å². The van der Waals surface area contributed by atoms with E-state index in [0.29, 0.717) is 5.92 Å². The zero-order chi connectivity index (χ0) is 17.2. The van der Waals surface area contributed by atoms with Gasteiger partial charge in [-0.05, 0) is 71.6 Å². The maximum Gasteiger partial charge on any atom is 0.119 e. The van der Waals surface area contributed by atoms with Gasteiger partial charge in [-0.2, -0.15) is 0 Å². The molecule has 0 saturated carbocycles. The molecule has 0 amide bonds. The molecule has 2 aromatic carbocycles. The van der Waals surface area contributed by atoms with E-state index in [4.69, 9.17) is 9.47 Å². The van der Waals surface area contributed by atoms with Crippen molar-refractivity contribution in [1.82, 2.24) is 0 Å². The van der Waals surface area contributed by atoms with E-state index >= 15 is 0 Å². The summed E-state index contributed by atoms with van der Waals surface area (Å²) in [5.41, 5.74) is 4.31. The number of fused-ring (bicyclic) bond motifs is 1. The van der Waals surface area contributed by atoms with E-state index in [2.05, 4.69) is 56.0 Å². The maximum absolute atomic E-state index is 5.40. The Balaban J connectivity index is 2.04. The summed E-state index contributed by atoms with van der Waals surface area (Å²) in [5, 5.41) is 0. The molecule has 1 aliphatic rings. The van der Waals surface area contributed by atoms with Crippen LogP contribution in [-0.2, 0) is 11.8 Å². The van der Waals surface area contributed by atoms with Gasteiger partial charge in [-0.25, -0.2) is 0 Å². The Morgan fingerprint density at radius 3 is 2.38 bits per heavy atom. The van der Waals surface area contributed by atoms with E-state index in [1.807, 2.05) is 6.08 Å². The van der Waals surface area contributed by atoms with Gasteiger partial charge in [0.15, 0.2) is 0 Å². The molecule has 0 aliphatic heterocycles. The SMILES string of the molecule is C=CC[C@@H]1c2ccc(OC)cc2CC[C@@]1(C)c1ccc(OC)cc1. The Kier molecular flexibility index (Phi) is 4.66. The standard InChI is InChI=1S/C22H26O2/c1-5-6-21-20-12-11-19(24-4)15-16(20)13-14-22(21,2)17-7-9-18(23-3)10-8-17/h5,7-12,15,21H,1,6,13-14H2,2-4H3/t21-,22+/m1/s1. The highest BCUT2D eigenvalue weighted by molar-refractivity contribution is 5.45. The summed E-state index contributed by atoms with van der Waals surface area (Å²) in [6.45, 7) is 6.39. The molecule has 0 aromatic heterocycles. The Labute approximate surface area is 145 Å². The molecule has 2 heteroatoms. The van der Waals surface area contributed by atoms with Crippen molar-refractivity contribution in [3.8, 4) is 11.5 Å². The zero-order valence-corrected chi connectivity index (χ0v) is 14.8. The molecule has 24 heavy (non-hydrogen) atoms. The van der Waals surface area contributed by atoms with Crippen molar-refractivity contribution in [2.75, 3.05) is 14.2 Å². The Bertz CT molecular complexity index is 717. The number of aryl methyl sites for hydroxylation is 1. The highest BCUT2D eigenvalue weighted by atomic mass is 16.5. The second kappa shape index (κ2) is 6.72.